The van der Waals surface area contributed by atoms with E-state index in [2.05, 4.69) is 11.4 Å². The Morgan fingerprint density at radius 1 is 1.31 bits per heavy atom. The molecule has 0 aliphatic carbocycles. The van der Waals surface area contributed by atoms with Crippen LogP contribution in [-0.4, -0.2) is 24.1 Å². The quantitative estimate of drug-likeness (QED) is 0.627. The highest BCUT2D eigenvalue weighted by Gasteiger charge is 2.21. The largest absolute Gasteiger partial charge is 0.467 e. The first kappa shape index (κ1) is 20.7. The van der Waals surface area contributed by atoms with Crippen molar-refractivity contribution in [3.05, 3.63) is 75.8 Å². The molecule has 0 bridgehead atoms. The van der Waals surface area contributed by atoms with Crippen LogP contribution in [0, 0.1) is 25.2 Å². The number of quaternary nitrogens is 1. The average molecular weight is 412 g/mol. The van der Waals surface area contributed by atoms with Crippen LogP contribution in [0.2, 0.25) is 5.02 Å². The molecule has 0 fully saturated rings. The second-order valence-corrected chi connectivity index (χ2v) is 7.64. The van der Waals surface area contributed by atoms with E-state index >= 15 is 0 Å². The minimum atomic E-state index is -0.153. The minimum Gasteiger partial charge on any atom is -0.467 e. The summed E-state index contributed by atoms with van der Waals surface area (Å²) in [6.45, 7) is 5.21. The van der Waals surface area contributed by atoms with Gasteiger partial charge in [0.1, 0.15) is 24.2 Å². The van der Waals surface area contributed by atoms with Gasteiger partial charge in [-0.2, -0.15) is 5.26 Å². The molecule has 3 aromatic rings. The number of rotatable bonds is 7. The number of carbonyl (C=O) groups excluding carboxylic acids is 1. The van der Waals surface area contributed by atoms with E-state index in [4.69, 9.17) is 16.0 Å². The summed E-state index contributed by atoms with van der Waals surface area (Å²) in [5.74, 6) is 1.12. The summed E-state index contributed by atoms with van der Waals surface area (Å²) in [6, 6.07) is 13.5. The Labute approximate surface area is 175 Å². The van der Waals surface area contributed by atoms with E-state index in [1.165, 1.54) is 0 Å². The third-order valence-electron chi connectivity index (χ3n) is 4.95. The van der Waals surface area contributed by atoms with Gasteiger partial charge in [-0.15, -0.1) is 0 Å². The number of nitrogens with zero attached hydrogens (tertiary/aromatic N) is 2. The van der Waals surface area contributed by atoms with Crippen LogP contribution in [0.25, 0.3) is 0 Å². The van der Waals surface area contributed by atoms with Crippen molar-refractivity contribution in [2.45, 2.75) is 26.9 Å². The van der Waals surface area contributed by atoms with E-state index in [0.717, 1.165) is 27.5 Å². The van der Waals surface area contributed by atoms with Gasteiger partial charge >= 0.3 is 0 Å². The first-order valence-corrected chi connectivity index (χ1v) is 9.74. The Morgan fingerprint density at radius 2 is 2.10 bits per heavy atom. The molecule has 150 valence electrons. The van der Waals surface area contributed by atoms with E-state index < -0.39 is 0 Å². The molecule has 1 amide bonds. The van der Waals surface area contributed by atoms with E-state index in [9.17, 15) is 10.1 Å². The summed E-state index contributed by atoms with van der Waals surface area (Å²) in [5, 5.41) is 13.2. The van der Waals surface area contributed by atoms with Crippen molar-refractivity contribution >= 4 is 23.3 Å². The number of amides is 1. The number of aromatic nitrogens is 1. The van der Waals surface area contributed by atoms with Gasteiger partial charge in [-0.05, 0) is 43.7 Å². The summed E-state index contributed by atoms with van der Waals surface area (Å²) in [7, 11) is 1.95. The van der Waals surface area contributed by atoms with E-state index in [-0.39, 0.29) is 12.5 Å². The standard InChI is InChI=1S/C22H23ClN4O2/c1-15-16(2)27(13-19-8-5-9-29-19)22(20(15)11-24)25-21(28)14-26(3)12-17-6-4-7-18(23)10-17/h4-10H,12-14H2,1-3H3,(H,25,28)/p+1. The van der Waals surface area contributed by atoms with Crippen LogP contribution in [0.5, 0.6) is 0 Å². The minimum absolute atomic E-state index is 0.153. The fourth-order valence-corrected chi connectivity index (χ4v) is 3.61. The lowest BCUT2D eigenvalue weighted by Gasteiger charge is -2.16. The van der Waals surface area contributed by atoms with Crippen LogP contribution >= 0.6 is 11.6 Å². The number of nitrogens with one attached hydrogen (secondary N) is 2. The molecule has 2 aromatic heterocycles. The van der Waals surface area contributed by atoms with Crippen molar-refractivity contribution in [1.82, 2.24) is 4.57 Å². The highest BCUT2D eigenvalue weighted by Crippen LogP contribution is 2.27. The normalized spacial score (nSPS) is 11.8. The van der Waals surface area contributed by atoms with E-state index in [1.807, 2.05) is 61.9 Å². The molecule has 7 heteroatoms. The van der Waals surface area contributed by atoms with Crippen molar-refractivity contribution in [3.63, 3.8) is 0 Å². The molecule has 0 radical (unpaired) electrons. The lowest BCUT2D eigenvalue weighted by atomic mass is 10.2. The molecule has 1 atom stereocenters. The van der Waals surface area contributed by atoms with Crippen LogP contribution in [0.15, 0.2) is 47.1 Å². The van der Waals surface area contributed by atoms with Gasteiger partial charge in [0.25, 0.3) is 5.91 Å². The maximum atomic E-state index is 12.7. The van der Waals surface area contributed by atoms with Gasteiger partial charge in [0, 0.05) is 16.3 Å². The summed E-state index contributed by atoms with van der Waals surface area (Å²) in [5.41, 5.74) is 3.32. The average Bonchev–Trinajstić information content (AvgIpc) is 3.25. The maximum Gasteiger partial charge on any atom is 0.280 e. The Morgan fingerprint density at radius 3 is 2.76 bits per heavy atom. The van der Waals surface area contributed by atoms with Crippen molar-refractivity contribution in [2.75, 3.05) is 18.9 Å². The molecule has 0 aliphatic heterocycles. The monoisotopic (exact) mass is 411 g/mol. The Kier molecular flexibility index (Phi) is 6.42. The van der Waals surface area contributed by atoms with E-state index in [0.29, 0.717) is 29.5 Å². The predicted octanol–water partition coefficient (Wildman–Crippen LogP) is 2.92. The van der Waals surface area contributed by atoms with Crippen molar-refractivity contribution < 1.29 is 14.1 Å². The lowest BCUT2D eigenvalue weighted by Crippen LogP contribution is -3.08. The number of furan rings is 1. The Bertz CT molecular complexity index is 1050. The Hall–Kier alpha value is -3.01. The molecule has 2 heterocycles. The van der Waals surface area contributed by atoms with Gasteiger partial charge in [0.05, 0.1) is 25.4 Å². The van der Waals surface area contributed by atoms with Crippen molar-refractivity contribution in [2.24, 2.45) is 0 Å². The zero-order valence-electron chi connectivity index (χ0n) is 16.8. The molecule has 2 N–H and O–H groups in total. The lowest BCUT2D eigenvalue weighted by molar-refractivity contribution is -0.885. The second kappa shape index (κ2) is 8.99. The van der Waals surface area contributed by atoms with Gasteiger partial charge in [-0.1, -0.05) is 23.7 Å². The smallest absolute Gasteiger partial charge is 0.280 e. The highest BCUT2D eigenvalue weighted by molar-refractivity contribution is 6.30. The van der Waals surface area contributed by atoms with Crippen LogP contribution in [0.4, 0.5) is 5.82 Å². The molecule has 0 spiro atoms. The number of benzene rings is 1. The second-order valence-electron chi connectivity index (χ2n) is 7.20. The van der Waals surface area contributed by atoms with Crippen LogP contribution in [0.1, 0.15) is 28.1 Å². The van der Waals surface area contributed by atoms with Crippen molar-refractivity contribution in [1.29, 1.82) is 5.26 Å². The third kappa shape index (κ3) is 4.89. The van der Waals surface area contributed by atoms with Crippen LogP contribution in [0.3, 0.4) is 0 Å². The highest BCUT2D eigenvalue weighted by atomic mass is 35.5. The molecule has 0 saturated heterocycles. The van der Waals surface area contributed by atoms with Crippen LogP contribution < -0.4 is 10.2 Å². The Balaban J connectivity index is 1.75. The number of halogens is 1. The summed E-state index contributed by atoms with van der Waals surface area (Å²) in [4.78, 5) is 13.7. The number of hydrogen-bond acceptors (Lipinski definition) is 3. The molecular weight excluding hydrogens is 388 g/mol. The predicted molar refractivity (Wildman–Crippen MR) is 112 cm³/mol. The molecule has 6 nitrogen and oxygen atoms in total. The maximum absolute atomic E-state index is 12.7. The van der Waals surface area contributed by atoms with Gasteiger partial charge in [0.2, 0.25) is 0 Å². The molecule has 0 aliphatic rings. The third-order valence-corrected chi connectivity index (χ3v) is 5.19. The van der Waals surface area contributed by atoms with Gasteiger partial charge < -0.3 is 19.2 Å². The molecular formula is C22H24ClN4O2+. The fraction of sp³-hybridized carbons (Fsp3) is 0.273. The number of likely N-dealkylation sites (N-methyl/N-ethyl adjacent to an activating group) is 1. The SMILES string of the molecule is Cc1c(C#N)c(NC(=O)C[NH+](C)Cc2cccc(Cl)c2)n(Cc2ccco2)c1C. The number of carbonyl (C=O) groups is 1. The summed E-state index contributed by atoms with van der Waals surface area (Å²) >= 11 is 6.04. The number of hydrogen-bond donors (Lipinski definition) is 2. The fourth-order valence-electron chi connectivity index (χ4n) is 3.39. The molecule has 1 aromatic carbocycles. The van der Waals surface area contributed by atoms with Crippen LogP contribution in [-0.2, 0) is 17.9 Å². The van der Waals surface area contributed by atoms with Gasteiger partial charge in [-0.25, -0.2) is 0 Å². The molecule has 0 saturated carbocycles. The molecule has 1 unspecified atom stereocenters. The zero-order valence-corrected chi connectivity index (χ0v) is 17.5. The number of nitriles is 1. The van der Waals surface area contributed by atoms with Gasteiger partial charge in [0.15, 0.2) is 6.54 Å². The molecule has 3 rings (SSSR count). The first-order chi connectivity index (χ1) is 13.9. The topological polar surface area (TPSA) is 75.4 Å². The molecule has 29 heavy (non-hydrogen) atoms. The number of anilines is 1. The summed E-state index contributed by atoms with van der Waals surface area (Å²) < 4.78 is 7.36. The van der Waals surface area contributed by atoms with E-state index in [1.54, 1.807) is 6.26 Å². The van der Waals surface area contributed by atoms with Crippen molar-refractivity contribution in [3.8, 4) is 6.07 Å². The summed E-state index contributed by atoms with van der Waals surface area (Å²) in [6.07, 6.45) is 1.61. The zero-order chi connectivity index (χ0) is 21.0. The van der Waals surface area contributed by atoms with Gasteiger partial charge in [-0.3, -0.25) is 4.79 Å². The first-order valence-electron chi connectivity index (χ1n) is 9.36.